The summed E-state index contributed by atoms with van der Waals surface area (Å²) < 4.78 is 0. The van der Waals surface area contributed by atoms with Gasteiger partial charge in [-0.2, -0.15) is 0 Å². The van der Waals surface area contributed by atoms with Crippen LogP contribution in [0.15, 0.2) is 54.6 Å². The van der Waals surface area contributed by atoms with Gasteiger partial charge in [0.15, 0.2) is 0 Å². The van der Waals surface area contributed by atoms with Crippen LogP contribution in [0.25, 0.3) is 0 Å². The Morgan fingerprint density at radius 1 is 0.900 bits per heavy atom. The molecule has 104 valence electrons. The van der Waals surface area contributed by atoms with Gasteiger partial charge in [-0.3, -0.25) is 4.79 Å². The second kappa shape index (κ2) is 6.24. The van der Waals surface area contributed by atoms with E-state index in [2.05, 4.69) is 0 Å². The summed E-state index contributed by atoms with van der Waals surface area (Å²) >= 11 is 0. The highest BCUT2D eigenvalue weighted by atomic mass is 16.2. The Kier molecular flexibility index (Phi) is 4.41. The van der Waals surface area contributed by atoms with E-state index in [1.807, 2.05) is 80.6 Å². The monoisotopic (exact) mass is 268 g/mol. The van der Waals surface area contributed by atoms with Crippen molar-refractivity contribution in [2.24, 2.45) is 0 Å². The first-order chi connectivity index (χ1) is 9.58. The van der Waals surface area contributed by atoms with Crippen molar-refractivity contribution < 1.29 is 4.79 Å². The smallest absolute Gasteiger partial charge is 0.253 e. The standard InChI is InChI=1S/C17H20N2O/c1-18(2)16-11-9-15(10-12-16)17(20)19(3)13-14-7-5-4-6-8-14/h4-12H,13H2,1-3H3. The van der Waals surface area contributed by atoms with E-state index in [1.165, 1.54) is 0 Å². The Labute approximate surface area is 120 Å². The Bertz CT molecular complexity index is 561. The molecule has 0 aliphatic carbocycles. The van der Waals surface area contributed by atoms with E-state index in [1.54, 1.807) is 4.90 Å². The number of hydrogen-bond acceptors (Lipinski definition) is 2. The minimum Gasteiger partial charge on any atom is -0.378 e. The molecule has 1 amide bonds. The third-order valence-corrected chi connectivity index (χ3v) is 3.24. The van der Waals surface area contributed by atoms with Gasteiger partial charge < -0.3 is 9.80 Å². The number of benzene rings is 2. The first kappa shape index (κ1) is 14.1. The highest BCUT2D eigenvalue weighted by molar-refractivity contribution is 5.94. The van der Waals surface area contributed by atoms with E-state index in [0.717, 1.165) is 11.3 Å². The maximum Gasteiger partial charge on any atom is 0.253 e. The molecule has 0 N–H and O–H groups in total. The van der Waals surface area contributed by atoms with Crippen LogP contribution in [0.5, 0.6) is 0 Å². The molecule has 3 nitrogen and oxygen atoms in total. The van der Waals surface area contributed by atoms with Crippen LogP contribution in [-0.4, -0.2) is 32.0 Å². The molecular formula is C17H20N2O. The zero-order valence-corrected chi connectivity index (χ0v) is 12.2. The maximum atomic E-state index is 12.3. The van der Waals surface area contributed by atoms with Crippen molar-refractivity contribution in [1.82, 2.24) is 4.90 Å². The molecule has 2 aromatic carbocycles. The van der Waals surface area contributed by atoms with Crippen LogP contribution in [0.3, 0.4) is 0 Å². The predicted molar refractivity (Wildman–Crippen MR) is 83.0 cm³/mol. The minimum absolute atomic E-state index is 0.0409. The number of hydrogen-bond donors (Lipinski definition) is 0. The third-order valence-electron chi connectivity index (χ3n) is 3.24. The van der Waals surface area contributed by atoms with Crippen LogP contribution >= 0.6 is 0 Å². The highest BCUT2D eigenvalue weighted by Crippen LogP contribution is 2.14. The van der Waals surface area contributed by atoms with Gasteiger partial charge in [0.1, 0.15) is 0 Å². The highest BCUT2D eigenvalue weighted by Gasteiger charge is 2.11. The van der Waals surface area contributed by atoms with Crippen LogP contribution < -0.4 is 4.90 Å². The Morgan fingerprint density at radius 2 is 1.50 bits per heavy atom. The molecule has 20 heavy (non-hydrogen) atoms. The first-order valence-electron chi connectivity index (χ1n) is 6.64. The van der Waals surface area contributed by atoms with Gasteiger partial charge in [-0.1, -0.05) is 30.3 Å². The molecular weight excluding hydrogens is 248 g/mol. The van der Waals surface area contributed by atoms with Crippen molar-refractivity contribution in [1.29, 1.82) is 0 Å². The molecule has 0 aliphatic rings. The predicted octanol–water partition coefficient (Wildman–Crippen LogP) is 3.02. The lowest BCUT2D eigenvalue weighted by molar-refractivity contribution is 0.0785. The van der Waals surface area contributed by atoms with Crippen molar-refractivity contribution in [3.05, 3.63) is 65.7 Å². The zero-order chi connectivity index (χ0) is 14.5. The molecule has 0 atom stereocenters. The molecule has 3 heteroatoms. The Balaban J connectivity index is 2.06. The van der Waals surface area contributed by atoms with E-state index in [9.17, 15) is 4.79 Å². The number of carbonyl (C=O) groups is 1. The summed E-state index contributed by atoms with van der Waals surface area (Å²) in [6, 6.07) is 17.7. The van der Waals surface area contributed by atoms with Crippen molar-refractivity contribution in [2.75, 3.05) is 26.0 Å². The van der Waals surface area contributed by atoms with Crippen LogP contribution in [0.1, 0.15) is 15.9 Å². The molecule has 2 aromatic rings. The quantitative estimate of drug-likeness (QED) is 0.851. The maximum absolute atomic E-state index is 12.3. The fourth-order valence-electron chi connectivity index (χ4n) is 2.05. The number of amides is 1. The summed E-state index contributed by atoms with van der Waals surface area (Å²) in [6.45, 7) is 0.620. The SMILES string of the molecule is CN(Cc1ccccc1)C(=O)c1ccc(N(C)C)cc1. The molecule has 0 spiro atoms. The van der Waals surface area contributed by atoms with E-state index in [0.29, 0.717) is 12.1 Å². The molecule has 0 saturated carbocycles. The van der Waals surface area contributed by atoms with Gasteiger partial charge in [-0.05, 0) is 29.8 Å². The fraction of sp³-hybridized carbons (Fsp3) is 0.235. The normalized spacial score (nSPS) is 10.2. The number of anilines is 1. The van der Waals surface area contributed by atoms with E-state index >= 15 is 0 Å². The number of rotatable bonds is 4. The van der Waals surface area contributed by atoms with Gasteiger partial charge in [0.2, 0.25) is 0 Å². The molecule has 0 fully saturated rings. The van der Waals surface area contributed by atoms with Crippen LogP contribution in [-0.2, 0) is 6.54 Å². The van der Waals surface area contributed by atoms with E-state index in [-0.39, 0.29) is 5.91 Å². The summed E-state index contributed by atoms with van der Waals surface area (Å²) in [5, 5.41) is 0. The van der Waals surface area contributed by atoms with Crippen molar-refractivity contribution in [2.45, 2.75) is 6.54 Å². The van der Waals surface area contributed by atoms with Crippen molar-refractivity contribution in [3.63, 3.8) is 0 Å². The Hall–Kier alpha value is -2.29. The van der Waals surface area contributed by atoms with Crippen LogP contribution in [0.2, 0.25) is 0 Å². The molecule has 0 aliphatic heterocycles. The minimum atomic E-state index is 0.0409. The summed E-state index contributed by atoms with van der Waals surface area (Å²) in [5.74, 6) is 0.0409. The van der Waals surface area contributed by atoms with Gasteiger partial charge in [0.05, 0.1) is 0 Å². The van der Waals surface area contributed by atoms with Gasteiger partial charge >= 0.3 is 0 Å². The first-order valence-corrected chi connectivity index (χ1v) is 6.64. The largest absolute Gasteiger partial charge is 0.378 e. The van der Waals surface area contributed by atoms with E-state index < -0.39 is 0 Å². The molecule has 2 rings (SSSR count). The second-order valence-corrected chi connectivity index (χ2v) is 5.09. The van der Waals surface area contributed by atoms with Gasteiger partial charge in [-0.15, -0.1) is 0 Å². The molecule has 0 heterocycles. The summed E-state index contributed by atoms with van der Waals surface area (Å²) in [6.07, 6.45) is 0. The fourth-order valence-corrected chi connectivity index (χ4v) is 2.05. The molecule has 0 aromatic heterocycles. The lowest BCUT2D eigenvalue weighted by atomic mass is 10.1. The number of carbonyl (C=O) groups excluding carboxylic acids is 1. The van der Waals surface area contributed by atoms with Gasteiger partial charge in [-0.25, -0.2) is 0 Å². The molecule has 0 unspecified atom stereocenters. The van der Waals surface area contributed by atoms with Crippen molar-refractivity contribution >= 4 is 11.6 Å². The summed E-state index contributed by atoms with van der Waals surface area (Å²) in [7, 11) is 5.80. The average molecular weight is 268 g/mol. The van der Waals surface area contributed by atoms with Crippen molar-refractivity contribution in [3.8, 4) is 0 Å². The van der Waals surface area contributed by atoms with Gasteiger partial charge in [0.25, 0.3) is 5.91 Å². The Morgan fingerprint density at radius 3 is 2.05 bits per heavy atom. The summed E-state index contributed by atoms with van der Waals surface area (Å²) in [5.41, 5.74) is 2.94. The zero-order valence-electron chi connectivity index (χ0n) is 12.2. The van der Waals surface area contributed by atoms with Gasteiger partial charge in [0, 0.05) is 38.9 Å². The number of nitrogens with zero attached hydrogens (tertiary/aromatic N) is 2. The molecule has 0 bridgehead atoms. The van der Waals surface area contributed by atoms with Crippen LogP contribution in [0.4, 0.5) is 5.69 Å². The summed E-state index contributed by atoms with van der Waals surface area (Å²) in [4.78, 5) is 16.1. The van der Waals surface area contributed by atoms with Crippen LogP contribution in [0, 0.1) is 0 Å². The topological polar surface area (TPSA) is 23.6 Å². The van der Waals surface area contributed by atoms with E-state index in [4.69, 9.17) is 0 Å². The molecule has 0 saturated heterocycles. The molecule has 0 radical (unpaired) electrons. The second-order valence-electron chi connectivity index (χ2n) is 5.09. The third kappa shape index (κ3) is 3.38. The lowest BCUT2D eigenvalue weighted by Gasteiger charge is -2.18. The lowest BCUT2D eigenvalue weighted by Crippen LogP contribution is -2.26. The average Bonchev–Trinajstić information content (AvgIpc) is 2.47.